The van der Waals surface area contributed by atoms with Crippen LogP contribution >= 0.6 is 0 Å². The maximum absolute atomic E-state index is 5.60. The van der Waals surface area contributed by atoms with Crippen LogP contribution in [0.1, 0.15) is 50.8 Å². The summed E-state index contributed by atoms with van der Waals surface area (Å²) in [6, 6.07) is 8.84. The first-order valence-electron chi connectivity index (χ1n) is 6.36. The van der Waals surface area contributed by atoms with E-state index in [1.54, 1.807) is 0 Å². The molecule has 1 fully saturated rings. The number of hydrogen-bond donors (Lipinski definition) is 0. The van der Waals surface area contributed by atoms with Crippen LogP contribution in [0.5, 0.6) is 0 Å². The highest BCUT2D eigenvalue weighted by Crippen LogP contribution is 2.38. The lowest BCUT2D eigenvalue weighted by Crippen LogP contribution is -2.40. The molecule has 0 aliphatic carbocycles. The molecule has 1 aliphatic heterocycles. The highest BCUT2D eigenvalue weighted by Gasteiger charge is 2.34. The van der Waals surface area contributed by atoms with E-state index in [2.05, 4.69) is 49.8 Å². The van der Waals surface area contributed by atoms with E-state index in [0.29, 0.717) is 6.04 Å². The van der Waals surface area contributed by atoms with E-state index in [1.165, 1.54) is 24.9 Å². The minimum absolute atomic E-state index is 0.211. The molecule has 0 N–H and O–H groups in total. The lowest BCUT2D eigenvalue weighted by Gasteiger charge is -2.37. The third-order valence-corrected chi connectivity index (χ3v) is 3.59. The van der Waals surface area contributed by atoms with Gasteiger partial charge in [-0.1, -0.05) is 24.1 Å². The fraction of sp³-hybridized carbons (Fsp3) is 0.500. The zero-order chi connectivity index (χ0) is 12.5. The van der Waals surface area contributed by atoms with E-state index < -0.39 is 0 Å². The quantitative estimate of drug-likeness (QED) is 0.663. The average molecular weight is 227 g/mol. The Morgan fingerprint density at radius 1 is 1.29 bits per heavy atom. The summed E-state index contributed by atoms with van der Waals surface area (Å²) in [6.45, 7) is 8.02. The van der Waals surface area contributed by atoms with E-state index in [9.17, 15) is 0 Å². The second kappa shape index (κ2) is 4.55. The SMILES string of the molecule is C#Cc1ccccc1C1CCCN1C(C)(C)C. The van der Waals surface area contributed by atoms with Gasteiger partial charge in [-0.2, -0.15) is 0 Å². The van der Waals surface area contributed by atoms with Crippen LogP contribution in [0.15, 0.2) is 24.3 Å². The van der Waals surface area contributed by atoms with Crippen molar-refractivity contribution >= 4 is 0 Å². The van der Waals surface area contributed by atoms with E-state index >= 15 is 0 Å². The summed E-state index contributed by atoms with van der Waals surface area (Å²) in [6.07, 6.45) is 8.09. The molecule has 1 saturated heterocycles. The highest BCUT2D eigenvalue weighted by atomic mass is 15.2. The van der Waals surface area contributed by atoms with Crippen LogP contribution < -0.4 is 0 Å². The lowest BCUT2D eigenvalue weighted by molar-refractivity contribution is 0.121. The van der Waals surface area contributed by atoms with E-state index in [-0.39, 0.29) is 5.54 Å². The summed E-state index contributed by atoms with van der Waals surface area (Å²) in [4.78, 5) is 2.57. The Kier molecular flexibility index (Phi) is 3.26. The maximum atomic E-state index is 5.60. The van der Waals surface area contributed by atoms with Gasteiger partial charge in [0.15, 0.2) is 0 Å². The van der Waals surface area contributed by atoms with Gasteiger partial charge in [0.05, 0.1) is 0 Å². The van der Waals surface area contributed by atoms with Crippen molar-refractivity contribution in [1.29, 1.82) is 0 Å². The molecule has 1 aromatic carbocycles. The van der Waals surface area contributed by atoms with Crippen molar-refractivity contribution in [1.82, 2.24) is 4.90 Å². The zero-order valence-electron chi connectivity index (χ0n) is 11.0. The molecule has 90 valence electrons. The van der Waals surface area contributed by atoms with Gasteiger partial charge in [-0.3, -0.25) is 4.90 Å². The summed E-state index contributed by atoms with van der Waals surface area (Å²) >= 11 is 0. The second-order valence-corrected chi connectivity index (χ2v) is 5.75. The first-order valence-corrected chi connectivity index (χ1v) is 6.36. The number of terminal acetylenes is 1. The number of rotatable bonds is 1. The molecular weight excluding hydrogens is 206 g/mol. The minimum Gasteiger partial charge on any atom is -0.291 e. The molecule has 1 atom stereocenters. The van der Waals surface area contributed by atoms with Gasteiger partial charge >= 0.3 is 0 Å². The molecule has 0 aromatic heterocycles. The van der Waals surface area contributed by atoms with Gasteiger partial charge in [0.1, 0.15) is 0 Å². The molecule has 0 radical (unpaired) electrons. The smallest absolute Gasteiger partial charge is 0.0366 e. The molecule has 2 rings (SSSR count). The Morgan fingerprint density at radius 2 is 2.00 bits per heavy atom. The van der Waals surface area contributed by atoms with Crippen LogP contribution in [0.2, 0.25) is 0 Å². The minimum atomic E-state index is 0.211. The van der Waals surface area contributed by atoms with E-state index in [0.717, 1.165) is 5.56 Å². The average Bonchev–Trinajstić information content (AvgIpc) is 2.77. The Labute approximate surface area is 105 Å². The van der Waals surface area contributed by atoms with Gasteiger partial charge < -0.3 is 0 Å². The van der Waals surface area contributed by atoms with Gasteiger partial charge in [0.25, 0.3) is 0 Å². The molecule has 1 nitrogen and oxygen atoms in total. The Bertz CT molecular complexity index is 434. The van der Waals surface area contributed by atoms with Gasteiger partial charge in [0.2, 0.25) is 0 Å². The molecule has 1 aromatic rings. The van der Waals surface area contributed by atoms with Crippen LogP contribution in [0.3, 0.4) is 0 Å². The maximum Gasteiger partial charge on any atom is 0.0366 e. The molecule has 1 aliphatic rings. The molecular formula is C16H21N. The standard InChI is InChI=1S/C16H21N/c1-5-13-9-6-7-10-14(13)15-11-8-12-17(15)16(2,3)4/h1,6-7,9-10,15H,8,11-12H2,2-4H3. The van der Waals surface area contributed by atoms with Crippen molar-refractivity contribution in [3.8, 4) is 12.3 Å². The summed E-state index contributed by atoms with van der Waals surface area (Å²) < 4.78 is 0. The number of nitrogens with zero attached hydrogens (tertiary/aromatic N) is 1. The Hall–Kier alpha value is -1.26. The predicted octanol–water partition coefficient (Wildman–Crippen LogP) is 3.60. The molecule has 0 saturated carbocycles. The predicted molar refractivity (Wildman–Crippen MR) is 72.8 cm³/mol. The topological polar surface area (TPSA) is 3.24 Å². The monoisotopic (exact) mass is 227 g/mol. The lowest BCUT2D eigenvalue weighted by atomic mass is 9.95. The third-order valence-electron chi connectivity index (χ3n) is 3.59. The van der Waals surface area contributed by atoms with Crippen LogP contribution in [-0.2, 0) is 0 Å². The molecule has 0 spiro atoms. The number of likely N-dealkylation sites (tertiary alicyclic amines) is 1. The Balaban J connectivity index is 2.37. The largest absolute Gasteiger partial charge is 0.291 e. The van der Waals surface area contributed by atoms with Crippen molar-refractivity contribution in [3.63, 3.8) is 0 Å². The van der Waals surface area contributed by atoms with Crippen molar-refractivity contribution in [2.24, 2.45) is 0 Å². The molecule has 0 amide bonds. The van der Waals surface area contributed by atoms with E-state index in [4.69, 9.17) is 6.42 Å². The van der Waals surface area contributed by atoms with Crippen LogP contribution in [0, 0.1) is 12.3 Å². The summed E-state index contributed by atoms with van der Waals surface area (Å²) in [7, 11) is 0. The van der Waals surface area contributed by atoms with Gasteiger partial charge in [-0.15, -0.1) is 6.42 Å². The fourth-order valence-corrected chi connectivity index (χ4v) is 2.81. The summed E-state index contributed by atoms with van der Waals surface area (Å²) in [5, 5.41) is 0. The first-order chi connectivity index (χ1) is 8.04. The molecule has 1 heteroatoms. The van der Waals surface area contributed by atoms with Crippen LogP contribution in [0.4, 0.5) is 0 Å². The van der Waals surface area contributed by atoms with Gasteiger partial charge in [0, 0.05) is 17.1 Å². The molecule has 0 bridgehead atoms. The van der Waals surface area contributed by atoms with Crippen molar-refractivity contribution in [2.45, 2.75) is 45.2 Å². The summed E-state index contributed by atoms with van der Waals surface area (Å²) in [5.41, 5.74) is 2.58. The molecule has 17 heavy (non-hydrogen) atoms. The van der Waals surface area contributed by atoms with Crippen molar-refractivity contribution in [2.75, 3.05) is 6.54 Å². The molecule has 1 heterocycles. The fourth-order valence-electron chi connectivity index (χ4n) is 2.81. The van der Waals surface area contributed by atoms with Gasteiger partial charge in [-0.05, 0) is 51.8 Å². The third kappa shape index (κ3) is 2.37. The Morgan fingerprint density at radius 3 is 2.65 bits per heavy atom. The van der Waals surface area contributed by atoms with E-state index in [1.807, 2.05) is 6.07 Å². The number of hydrogen-bond acceptors (Lipinski definition) is 1. The zero-order valence-corrected chi connectivity index (χ0v) is 11.0. The normalized spacial score (nSPS) is 21.4. The number of benzene rings is 1. The van der Waals surface area contributed by atoms with Crippen LogP contribution in [-0.4, -0.2) is 17.0 Å². The highest BCUT2D eigenvalue weighted by molar-refractivity contribution is 5.42. The summed E-state index contributed by atoms with van der Waals surface area (Å²) in [5.74, 6) is 2.82. The second-order valence-electron chi connectivity index (χ2n) is 5.75. The molecule has 1 unspecified atom stereocenters. The first kappa shape index (κ1) is 12.2. The van der Waals surface area contributed by atoms with Crippen molar-refractivity contribution in [3.05, 3.63) is 35.4 Å². The van der Waals surface area contributed by atoms with Crippen LogP contribution in [0.25, 0.3) is 0 Å². The van der Waals surface area contributed by atoms with Crippen molar-refractivity contribution < 1.29 is 0 Å². The van der Waals surface area contributed by atoms with Gasteiger partial charge in [-0.25, -0.2) is 0 Å².